The van der Waals surface area contributed by atoms with E-state index < -0.39 is 0 Å². The van der Waals surface area contributed by atoms with E-state index in [-0.39, 0.29) is 10.7 Å². The van der Waals surface area contributed by atoms with Crippen LogP contribution < -0.4 is 4.74 Å². The van der Waals surface area contributed by atoms with E-state index in [9.17, 15) is 4.79 Å². The van der Waals surface area contributed by atoms with Crippen molar-refractivity contribution >= 4 is 27.8 Å². The fraction of sp³-hybridized carbons (Fsp3) is 0.167. The minimum absolute atomic E-state index is 0.237. The Morgan fingerprint density at radius 2 is 1.95 bits per heavy atom. The lowest BCUT2D eigenvalue weighted by molar-refractivity contribution is -0.108. The van der Waals surface area contributed by atoms with Gasteiger partial charge in [0.15, 0.2) is 0 Å². The monoisotopic (exact) mass is 342 g/mol. The summed E-state index contributed by atoms with van der Waals surface area (Å²) in [5.74, 6) is 0.464. The molecule has 0 fully saturated rings. The summed E-state index contributed by atoms with van der Waals surface area (Å²) in [6.07, 6.45) is 2.68. The smallest absolute Gasteiger partial charge is 0.132 e. The van der Waals surface area contributed by atoms with Crippen LogP contribution in [0.2, 0.25) is 0 Å². The highest BCUT2D eigenvalue weighted by Gasteiger charge is 2.26. The standard InChI is InChI=1S/C18H15BrO2/c1-12(19)14-7-8-18-15(9-14)16(10-20)17(11-21-18)13-5-3-2-4-6-13/h2-12,16H,1H3. The minimum atomic E-state index is -0.289. The molecule has 0 aliphatic carbocycles. The molecule has 1 aliphatic rings. The number of fused-ring (bicyclic) bond motifs is 1. The van der Waals surface area contributed by atoms with Gasteiger partial charge in [0.25, 0.3) is 0 Å². The average Bonchev–Trinajstić information content (AvgIpc) is 2.53. The summed E-state index contributed by atoms with van der Waals surface area (Å²) < 4.78 is 5.72. The van der Waals surface area contributed by atoms with Crippen LogP contribution in [-0.2, 0) is 4.79 Å². The number of carbonyl (C=O) groups is 1. The van der Waals surface area contributed by atoms with Crippen LogP contribution in [0.15, 0.2) is 54.8 Å². The fourth-order valence-electron chi connectivity index (χ4n) is 2.56. The second-order valence-corrected chi connectivity index (χ2v) is 6.46. The molecule has 0 aromatic heterocycles. The molecular formula is C18H15BrO2. The Hall–Kier alpha value is -1.87. The van der Waals surface area contributed by atoms with Gasteiger partial charge >= 0.3 is 0 Å². The Labute approximate surface area is 132 Å². The molecule has 1 heterocycles. The normalized spacial score (nSPS) is 18.2. The van der Waals surface area contributed by atoms with Crippen LogP contribution in [0, 0.1) is 0 Å². The molecule has 0 saturated carbocycles. The molecular weight excluding hydrogens is 328 g/mol. The summed E-state index contributed by atoms with van der Waals surface area (Å²) in [6.45, 7) is 2.06. The van der Waals surface area contributed by atoms with Gasteiger partial charge in [0, 0.05) is 16.0 Å². The number of hydrogen-bond acceptors (Lipinski definition) is 2. The lowest BCUT2D eigenvalue weighted by atomic mass is 9.86. The lowest BCUT2D eigenvalue weighted by Gasteiger charge is -2.24. The Bertz CT molecular complexity index is 690. The fourth-order valence-corrected chi connectivity index (χ4v) is 2.84. The van der Waals surface area contributed by atoms with Crippen molar-refractivity contribution in [3.8, 4) is 5.75 Å². The number of alkyl halides is 1. The molecule has 106 valence electrons. The van der Waals surface area contributed by atoms with E-state index >= 15 is 0 Å². The highest BCUT2D eigenvalue weighted by molar-refractivity contribution is 9.09. The maximum absolute atomic E-state index is 11.7. The van der Waals surface area contributed by atoms with E-state index in [1.54, 1.807) is 6.26 Å². The average molecular weight is 343 g/mol. The van der Waals surface area contributed by atoms with E-state index in [0.717, 1.165) is 34.3 Å². The Morgan fingerprint density at radius 1 is 1.19 bits per heavy atom. The van der Waals surface area contributed by atoms with Crippen molar-refractivity contribution < 1.29 is 9.53 Å². The van der Waals surface area contributed by atoms with E-state index in [0.29, 0.717) is 0 Å². The van der Waals surface area contributed by atoms with Crippen LogP contribution in [0.5, 0.6) is 5.75 Å². The molecule has 2 atom stereocenters. The maximum Gasteiger partial charge on any atom is 0.132 e. The number of halogens is 1. The van der Waals surface area contributed by atoms with Crippen molar-refractivity contribution in [1.82, 2.24) is 0 Å². The van der Waals surface area contributed by atoms with E-state index in [2.05, 4.69) is 22.9 Å². The van der Waals surface area contributed by atoms with Crippen LogP contribution in [0.3, 0.4) is 0 Å². The zero-order valence-electron chi connectivity index (χ0n) is 11.6. The largest absolute Gasteiger partial charge is 0.464 e. The molecule has 0 saturated heterocycles. The van der Waals surface area contributed by atoms with Crippen molar-refractivity contribution in [3.05, 3.63) is 71.5 Å². The van der Waals surface area contributed by atoms with Crippen LogP contribution in [0.4, 0.5) is 0 Å². The number of carbonyl (C=O) groups excluding carboxylic acids is 1. The first kappa shape index (κ1) is 14.1. The van der Waals surface area contributed by atoms with Crippen molar-refractivity contribution in [3.63, 3.8) is 0 Å². The molecule has 0 spiro atoms. The predicted molar refractivity (Wildman–Crippen MR) is 87.6 cm³/mol. The number of ether oxygens (including phenoxy) is 1. The van der Waals surface area contributed by atoms with Crippen molar-refractivity contribution in [1.29, 1.82) is 0 Å². The van der Waals surface area contributed by atoms with Crippen LogP contribution in [-0.4, -0.2) is 6.29 Å². The Balaban J connectivity index is 2.07. The Morgan fingerprint density at radius 3 is 2.62 bits per heavy atom. The van der Waals surface area contributed by atoms with Gasteiger partial charge in [-0.3, -0.25) is 0 Å². The summed E-state index contributed by atoms with van der Waals surface area (Å²) in [6, 6.07) is 15.9. The van der Waals surface area contributed by atoms with Crippen LogP contribution >= 0.6 is 15.9 Å². The molecule has 0 N–H and O–H groups in total. The first-order valence-corrected chi connectivity index (χ1v) is 7.77. The van der Waals surface area contributed by atoms with Gasteiger partial charge < -0.3 is 9.53 Å². The lowest BCUT2D eigenvalue weighted by Crippen LogP contribution is -2.11. The number of allylic oxidation sites excluding steroid dienone is 1. The molecule has 21 heavy (non-hydrogen) atoms. The zero-order chi connectivity index (χ0) is 14.8. The second kappa shape index (κ2) is 5.86. The van der Waals surface area contributed by atoms with Crippen LogP contribution in [0.1, 0.15) is 34.4 Å². The van der Waals surface area contributed by atoms with E-state index in [1.807, 2.05) is 48.5 Å². The van der Waals surface area contributed by atoms with Crippen LogP contribution in [0.25, 0.3) is 5.57 Å². The zero-order valence-corrected chi connectivity index (χ0v) is 13.2. The first-order valence-electron chi connectivity index (χ1n) is 6.86. The molecule has 3 heteroatoms. The predicted octanol–water partition coefficient (Wildman–Crippen LogP) is 4.86. The molecule has 3 rings (SSSR count). The number of rotatable bonds is 3. The topological polar surface area (TPSA) is 26.3 Å². The molecule has 0 radical (unpaired) electrons. The van der Waals surface area contributed by atoms with E-state index in [1.165, 1.54) is 0 Å². The van der Waals surface area contributed by atoms with Gasteiger partial charge in [0.2, 0.25) is 0 Å². The van der Waals surface area contributed by atoms with E-state index in [4.69, 9.17) is 4.74 Å². The Kier molecular flexibility index (Phi) is 3.93. The summed E-state index contributed by atoms with van der Waals surface area (Å²) in [5, 5.41) is 0. The third-order valence-electron chi connectivity index (χ3n) is 3.72. The second-order valence-electron chi connectivity index (χ2n) is 5.08. The molecule has 2 nitrogen and oxygen atoms in total. The van der Waals surface area contributed by atoms with Gasteiger partial charge in [0.05, 0.1) is 12.2 Å². The number of benzene rings is 2. The minimum Gasteiger partial charge on any atom is -0.464 e. The summed E-state index contributed by atoms with van der Waals surface area (Å²) >= 11 is 3.57. The van der Waals surface area contributed by atoms with Gasteiger partial charge in [-0.1, -0.05) is 52.3 Å². The molecule has 0 bridgehead atoms. The molecule has 1 aliphatic heterocycles. The third-order valence-corrected chi connectivity index (χ3v) is 4.25. The quantitative estimate of drug-likeness (QED) is 0.588. The van der Waals surface area contributed by atoms with Gasteiger partial charge in [-0.05, 0) is 30.2 Å². The van der Waals surface area contributed by atoms with Crippen molar-refractivity contribution in [2.24, 2.45) is 0 Å². The summed E-state index contributed by atoms with van der Waals surface area (Å²) in [5.41, 5.74) is 3.98. The molecule has 2 aromatic carbocycles. The third kappa shape index (κ3) is 2.66. The number of hydrogen-bond donors (Lipinski definition) is 0. The van der Waals surface area contributed by atoms with Gasteiger partial charge in [-0.15, -0.1) is 0 Å². The highest BCUT2D eigenvalue weighted by atomic mass is 79.9. The highest BCUT2D eigenvalue weighted by Crippen LogP contribution is 2.41. The molecule has 2 unspecified atom stereocenters. The summed E-state index contributed by atoms with van der Waals surface area (Å²) in [4.78, 5) is 11.9. The van der Waals surface area contributed by atoms with Crippen molar-refractivity contribution in [2.45, 2.75) is 17.7 Å². The van der Waals surface area contributed by atoms with Gasteiger partial charge in [-0.25, -0.2) is 0 Å². The SMILES string of the molecule is CC(Br)c1ccc2c(c1)C(C=O)C(c1ccccc1)=CO2. The maximum atomic E-state index is 11.7. The molecule has 2 aromatic rings. The molecule has 0 amide bonds. The number of aldehydes is 1. The summed E-state index contributed by atoms with van der Waals surface area (Å²) in [7, 11) is 0. The first-order chi connectivity index (χ1) is 10.2. The van der Waals surface area contributed by atoms with Crippen molar-refractivity contribution in [2.75, 3.05) is 0 Å². The van der Waals surface area contributed by atoms with Gasteiger partial charge in [-0.2, -0.15) is 0 Å². The van der Waals surface area contributed by atoms with Gasteiger partial charge in [0.1, 0.15) is 12.0 Å².